The first-order valence-corrected chi connectivity index (χ1v) is 6.44. The number of primary amides is 1. The Morgan fingerprint density at radius 1 is 1.72 bits per heavy atom. The number of nitrogens with two attached hydrogens (primary N) is 1. The van der Waals surface area contributed by atoms with Gasteiger partial charge < -0.3 is 11.1 Å². The van der Waals surface area contributed by atoms with Crippen molar-refractivity contribution in [1.82, 2.24) is 15.1 Å². The monoisotopic (exact) mass is 272 g/mol. The molecule has 0 saturated heterocycles. The molecule has 0 spiro atoms. The van der Waals surface area contributed by atoms with Gasteiger partial charge in [0.05, 0.1) is 22.3 Å². The molecule has 18 heavy (non-hydrogen) atoms. The van der Waals surface area contributed by atoms with E-state index >= 15 is 0 Å². The first kappa shape index (κ1) is 15.0. The van der Waals surface area contributed by atoms with Gasteiger partial charge in [-0.1, -0.05) is 18.5 Å². The van der Waals surface area contributed by atoms with Crippen molar-refractivity contribution in [3.05, 3.63) is 16.9 Å². The summed E-state index contributed by atoms with van der Waals surface area (Å²) in [7, 11) is 0. The Morgan fingerprint density at radius 3 is 2.72 bits per heavy atom. The highest BCUT2D eigenvalue weighted by Gasteiger charge is 2.32. The highest BCUT2D eigenvalue weighted by atomic mass is 35.5. The van der Waals surface area contributed by atoms with E-state index in [4.69, 9.17) is 17.3 Å². The second kappa shape index (κ2) is 5.71. The molecule has 1 rings (SSSR count). The van der Waals surface area contributed by atoms with Crippen LogP contribution in [0.15, 0.2) is 6.20 Å². The highest BCUT2D eigenvalue weighted by Crippen LogP contribution is 2.23. The lowest BCUT2D eigenvalue weighted by Crippen LogP contribution is -2.54. The van der Waals surface area contributed by atoms with Gasteiger partial charge in [0.1, 0.15) is 0 Å². The largest absolute Gasteiger partial charge is 0.368 e. The minimum atomic E-state index is -0.736. The maximum Gasteiger partial charge on any atom is 0.237 e. The van der Waals surface area contributed by atoms with E-state index in [0.717, 1.165) is 5.69 Å². The van der Waals surface area contributed by atoms with Crippen molar-refractivity contribution in [2.75, 3.05) is 6.54 Å². The lowest BCUT2D eigenvalue weighted by atomic mass is 9.93. The minimum absolute atomic E-state index is 0.0350. The van der Waals surface area contributed by atoms with Crippen LogP contribution < -0.4 is 11.1 Å². The van der Waals surface area contributed by atoms with Crippen molar-refractivity contribution in [1.29, 1.82) is 0 Å². The topological polar surface area (TPSA) is 72.9 Å². The molecule has 0 aliphatic rings. The van der Waals surface area contributed by atoms with E-state index in [9.17, 15) is 4.79 Å². The van der Waals surface area contributed by atoms with Gasteiger partial charge >= 0.3 is 0 Å². The molecule has 6 heteroatoms. The quantitative estimate of drug-likeness (QED) is 0.827. The average Bonchev–Trinajstić information content (AvgIpc) is 2.59. The summed E-state index contributed by atoms with van der Waals surface area (Å²) in [6.07, 6.45) is 2.34. The van der Waals surface area contributed by atoms with Crippen molar-refractivity contribution in [2.24, 2.45) is 5.73 Å². The first-order valence-electron chi connectivity index (χ1n) is 6.06. The number of rotatable bonds is 6. The predicted octanol–water partition coefficient (Wildman–Crippen LogP) is 1.65. The van der Waals surface area contributed by atoms with Crippen LogP contribution in [0.5, 0.6) is 0 Å². The van der Waals surface area contributed by atoms with E-state index in [1.165, 1.54) is 0 Å². The summed E-state index contributed by atoms with van der Waals surface area (Å²) in [5, 5.41) is 8.08. The zero-order chi connectivity index (χ0) is 13.9. The number of hydrogen-bond acceptors (Lipinski definition) is 3. The Morgan fingerprint density at radius 2 is 2.33 bits per heavy atom. The zero-order valence-corrected chi connectivity index (χ0v) is 12.1. The van der Waals surface area contributed by atoms with Crippen LogP contribution in [-0.4, -0.2) is 27.8 Å². The summed E-state index contributed by atoms with van der Waals surface area (Å²) >= 11 is 5.98. The van der Waals surface area contributed by atoms with Crippen LogP contribution in [0.25, 0.3) is 0 Å². The van der Waals surface area contributed by atoms with Crippen LogP contribution >= 0.6 is 11.6 Å². The molecule has 3 N–H and O–H groups in total. The molecular weight excluding hydrogens is 252 g/mol. The number of nitrogens with one attached hydrogen (secondary N) is 1. The van der Waals surface area contributed by atoms with Crippen molar-refractivity contribution < 1.29 is 4.79 Å². The Balaban J connectivity index is 2.84. The summed E-state index contributed by atoms with van der Waals surface area (Å²) in [6, 6.07) is 0.0350. The summed E-state index contributed by atoms with van der Waals surface area (Å²) in [5.41, 5.74) is 5.51. The van der Waals surface area contributed by atoms with Crippen LogP contribution in [-0.2, 0) is 4.79 Å². The van der Waals surface area contributed by atoms with E-state index in [2.05, 4.69) is 10.4 Å². The van der Waals surface area contributed by atoms with Gasteiger partial charge in [0.2, 0.25) is 5.91 Å². The van der Waals surface area contributed by atoms with E-state index in [1.54, 1.807) is 10.9 Å². The average molecular weight is 273 g/mol. The van der Waals surface area contributed by atoms with E-state index in [-0.39, 0.29) is 11.9 Å². The number of amides is 1. The Labute approximate surface area is 113 Å². The summed E-state index contributed by atoms with van der Waals surface area (Å²) in [5.74, 6) is -0.355. The number of carbonyl (C=O) groups excluding carboxylic acids is 1. The number of nitrogens with zero attached hydrogens (tertiary/aromatic N) is 2. The van der Waals surface area contributed by atoms with Crippen LogP contribution in [0.1, 0.15) is 38.9 Å². The molecule has 0 aromatic carbocycles. The third-order valence-corrected chi connectivity index (χ3v) is 3.49. The number of halogens is 1. The molecule has 1 heterocycles. The third kappa shape index (κ3) is 3.23. The summed E-state index contributed by atoms with van der Waals surface area (Å²) in [4.78, 5) is 11.6. The SMILES string of the molecule is CCNC(C)(CC(C)n1cc(Cl)c(C)n1)C(N)=O. The van der Waals surface area contributed by atoms with Crippen LogP contribution in [0, 0.1) is 6.92 Å². The Hall–Kier alpha value is -1.07. The molecule has 2 atom stereocenters. The number of aryl methyl sites for hydroxylation is 1. The second-order valence-corrected chi connectivity index (χ2v) is 5.23. The van der Waals surface area contributed by atoms with Gasteiger partial charge in [-0.05, 0) is 33.7 Å². The van der Waals surface area contributed by atoms with E-state index in [1.807, 2.05) is 27.7 Å². The van der Waals surface area contributed by atoms with Gasteiger partial charge in [-0.3, -0.25) is 9.48 Å². The lowest BCUT2D eigenvalue weighted by Gasteiger charge is -2.30. The summed E-state index contributed by atoms with van der Waals surface area (Å²) < 4.78 is 1.77. The van der Waals surface area contributed by atoms with Crippen molar-refractivity contribution in [2.45, 2.75) is 45.7 Å². The molecule has 1 amide bonds. The predicted molar refractivity (Wildman–Crippen MR) is 72.6 cm³/mol. The molecular formula is C12H21ClN4O. The Kier molecular flexibility index (Phi) is 4.76. The number of carbonyl (C=O) groups is 1. The van der Waals surface area contributed by atoms with Crippen LogP contribution in [0.2, 0.25) is 5.02 Å². The van der Waals surface area contributed by atoms with Gasteiger partial charge in [0.15, 0.2) is 0 Å². The molecule has 0 saturated carbocycles. The fraction of sp³-hybridized carbons (Fsp3) is 0.667. The standard InChI is InChI=1S/C12H21ClN4O/c1-5-15-12(4,11(14)18)6-8(2)17-7-10(13)9(3)16-17/h7-8,15H,5-6H2,1-4H3,(H2,14,18). The molecule has 1 aromatic heterocycles. The molecule has 2 unspecified atom stereocenters. The number of aromatic nitrogens is 2. The van der Waals surface area contributed by atoms with Crippen LogP contribution in [0.4, 0.5) is 0 Å². The summed E-state index contributed by atoms with van der Waals surface area (Å²) in [6.45, 7) is 8.28. The second-order valence-electron chi connectivity index (χ2n) is 4.82. The smallest absolute Gasteiger partial charge is 0.237 e. The fourth-order valence-electron chi connectivity index (χ4n) is 2.02. The van der Waals surface area contributed by atoms with E-state index < -0.39 is 5.54 Å². The molecule has 0 bridgehead atoms. The van der Waals surface area contributed by atoms with Crippen LogP contribution in [0.3, 0.4) is 0 Å². The molecule has 1 aromatic rings. The Bertz CT molecular complexity index is 412. The van der Waals surface area contributed by atoms with Gasteiger partial charge in [-0.2, -0.15) is 5.10 Å². The molecule has 0 radical (unpaired) electrons. The van der Waals surface area contributed by atoms with Crippen molar-refractivity contribution >= 4 is 17.5 Å². The minimum Gasteiger partial charge on any atom is -0.368 e. The van der Waals surface area contributed by atoms with Crippen molar-refractivity contribution in [3.63, 3.8) is 0 Å². The maximum atomic E-state index is 11.6. The molecule has 5 nitrogen and oxygen atoms in total. The number of likely N-dealkylation sites (N-methyl/N-ethyl adjacent to an activating group) is 1. The van der Waals surface area contributed by atoms with Gasteiger partial charge in [-0.15, -0.1) is 0 Å². The third-order valence-electron chi connectivity index (χ3n) is 3.12. The number of hydrogen-bond donors (Lipinski definition) is 2. The van der Waals surface area contributed by atoms with E-state index in [0.29, 0.717) is 18.0 Å². The fourth-order valence-corrected chi connectivity index (χ4v) is 2.16. The normalized spacial score (nSPS) is 16.3. The van der Waals surface area contributed by atoms with Gasteiger partial charge in [0, 0.05) is 6.20 Å². The molecule has 102 valence electrons. The van der Waals surface area contributed by atoms with Gasteiger partial charge in [0.25, 0.3) is 0 Å². The molecule has 0 aliphatic carbocycles. The molecule has 0 aliphatic heterocycles. The lowest BCUT2D eigenvalue weighted by molar-refractivity contribution is -0.124. The van der Waals surface area contributed by atoms with Gasteiger partial charge in [-0.25, -0.2) is 0 Å². The van der Waals surface area contributed by atoms with Crippen molar-refractivity contribution in [3.8, 4) is 0 Å². The maximum absolute atomic E-state index is 11.6. The first-order chi connectivity index (χ1) is 8.30. The molecule has 0 fully saturated rings. The highest BCUT2D eigenvalue weighted by molar-refractivity contribution is 6.31. The zero-order valence-electron chi connectivity index (χ0n) is 11.3.